The number of esters is 2. The zero-order chi connectivity index (χ0) is 38.8. The van der Waals surface area contributed by atoms with E-state index in [1.807, 2.05) is 13.8 Å². The van der Waals surface area contributed by atoms with Crippen LogP contribution in [0, 0.1) is 28.6 Å². The van der Waals surface area contributed by atoms with Crippen molar-refractivity contribution in [1.29, 1.82) is 0 Å². The van der Waals surface area contributed by atoms with Crippen LogP contribution in [0.2, 0.25) is 0 Å². The lowest BCUT2D eigenvalue weighted by molar-refractivity contribution is -0.151. The van der Waals surface area contributed by atoms with Crippen LogP contribution < -0.4 is 16.4 Å². The van der Waals surface area contributed by atoms with E-state index >= 15 is 0 Å². The Bertz CT molecular complexity index is 1260. The minimum absolute atomic E-state index is 0. The largest absolute Gasteiger partial charge is 0.465 e. The van der Waals surface area contributed by atoms with Gasteiger partial charge in [0, 0.05) is 38.6 Å². The number of ether oxygens (including phenoxy) is 2. The maximum Gasteiger partial charge on any atom is 0.312 e. The zero-order valence-corrected chi connectivity index (χ0v) is 32.7. The summed E-state index contributed by atoms with van der Waals surface area (Å²) in [5.74, 6) is -2.03. The highest BCUT2D eigenvalue weighted by Gasteiger charge is 2.31. The summed E-state index contributed by atoms with van der Waals surface area (Å²) >= 11 is 0. The van der Waals surface area contributed by atoms with Gasteiger partial charge in [0.1, 0.15) is 12.4 Å². The van der Waals surface area contributed by atoms with Crippen molar-refractivity contribution in [2.24, 2.45) is 34.3 Å². The lowest BCUT2D eigenvalue weighted by Gasteiger charge is -2.29. The normalized spacial score (nSPS) is 12.5. The molecule has 1 aromatic carbocycles. The Morgan fingerprint density at radius 1 is 0.792 bits per heavy atom. The number of rotatable bonds is 23. The zero-order valence-electron chi connectivity index (χ0n) is 32.7. The molecule has 304 valence electrons. The Morgan fingerprint density at radius 3 is 1.87 bits per heavy atom. The molecule has 53 heavy (non-hydrogen) atoms. The fourth-order valence-electron chi connectivity index (χ4n) is 5.96. The number of amides is 3. The first-order valence-corrected chi connectivity index (χ1v) is 18.4. The van der Waals surface area contributed by atoms with Gasteiger partial charge in [-0.1, -0.05) is 94.5 Å². The Kier molecular flexibility index (Phi) is 24.5. The summed E-state index contributed by atoms with van der Waals surface area (Å²) in [6.45, 7) is 18.6. The van der Waals surface area contributed by atoms with Crippen molar-refractivity contribution in [2.45, 2.75) is 154 Å². The van der Waals surface area contributed by atoms with Gasteiger partial charge in [0.2, 0.25) is 5.91 Å². The van der Waals surface area contributed by atoms with Crippen molar-refractivity contribution < 1.29 is 38.2 Å². The van der Waals surface area contributed by atoms with E-state index in [0.29, 0.717) is 32.3 Å². The summed E-state index contributed by atoms with van der Waals surface area (Å²) in [7, 11) is 0. The summed E-state index contributed by atoms with van der Waals surface area (Å²) in [6.07, 6.45) is 4.68. The van der Waals surface area contributed by atoms with E-state index in [2.05, 4.69) is 52.2 Å². The average Bonchev–Trinajstić information content (AvgIpc) is 3.00. The Hall–Kier alpha value is -3.76. The first-order valence-electron chi connectivity index (χ1n) is 18.4. The predicted octanol–water partition coefficient (Wildman–Crippen LogP) is 7.89. The molecular formula is C42H73N3O8. The maximum absolute atomic E-state index is 13.5. The van der Waals surface area contributed by atoms with Gasteiger partial charge in [0.05, 0.1) is 18.6 Å². The number of ketones is 2. The SMILES string of the molecule is C.C.CC(=O)OCc1ccc(CC(=O)[C@H](CCCNC(N)=O)NC(=O)[C@@H](CC(=O)CCCCCOC(=O)C(CC(C)(C)C)CC(C)(C)C)C(C)C)cc1. The molecule has 0 radical (unpaired) electrons. The van der Waals surface area contributed by atoms with Crippen LogP contribution in [0.5, 0.6) is 0 Å². The Labute approximate surface area is 320 Å². The minimum atomic E-state index is -0.821. The maximum atomic E-state index is 13.5. The molecule has 0 aliphatic heterocycles. The Morgan fingerprint density at radius 2 is 1.36 bits per heavy atom. The second-order valence-corrected chi connectivity index (χ2v) is 16.5. The van der Waals surface area contributed by atoms with E-state index in [0.717, 1.165) is 30.4 Å². The van der Waals surface area contributed by atoms with Gasteiger partial charge in [-0.05, 0) is 72.8 Å². The van der Waals surface area contributed by atoms with E-state index in [1.54, 1.807) is 24.3 Å². The van der Waals surface area contributed by atoms with Crippen LogP contribution in [0.15, 0.2) is 24.3 Å². The minimum Gasteiger partial charge on any atom is -0.465 e. The number of carbonyl (C=O) groups is 6. The molecule has 0 aliphatic carbocycles. The number of Topliss-reactive ketones (excluding diaryl/α,β-unsaturated/α-hetero) is 2. The molecule has 0 saturated carbocycles. The van der Waals surface area contributed by atoms with Gasteiger partial charge in [-0.3, -0.25) is 24.0 Å². The molecule has 3 amide bonds. The summed E-state index contributed by atoms with van der Waals surface area (Å²) < 4.78 is 10.7. The molecule has 0 aromatic heterocycles. The number of urea groups is 1. The van der Waals surface area contributed by atoms with Crippen LogP contribution in [-0.2, 0) is 46.5 Å². The van der Waals surface area contributed by atoms with Crippen LogP contribution in [-0.4, -0.2) is 54.6 Å². The van der Waals surface area contributed by atoms with E-state index < -0.39 is 18.0 Å². The molecular weight excluding hydrogens is 674 g/mol. The van der Waals surface area contributed by atoms with Gasteiger partial charge in [0.15, 0.2) is 5.78 Å². The van der Waals surface area contributed by atoms with E-state index in [1.165, 1.54) is 6.92 Å². The van der Waals surface area contributed by atoms with E-state index in [9.17, 15) is 28.8 Å². The highest BCUT2D eigenvalue weighted by molar-refractivity contribution is 5.92. The molecule has 11 nitrogen and oxygen atoms in total. The fraction of sp³-hybridized carbons (Fsp3) is 0.714. The van der Waals surface area contributed by atoms with Crippen molar-refractivity contribution in [3.8, 4) is 0 Å². The number of hydrogen-bond acceptors (Lipinski definition) is 8. The van der Waals surface area contributed by atoms with Crippen molar-refractivity contribution in [3.05, 3.63) is 35.4 Å². The lowest BCUT2D eigenvalue weighted by atomic mass is 9.77. The van der Waals surface area contributed by atoms with Crippen molar-refractivity contribution >= 4 is 35.4 Å². The van der Waals surface area contributed by atoms with Crippen LogP contribution in [0.25, 0.3) is 0 Å². The van der Waals surface area contributed by atoms with Crippen LogP contribution >= 0.6 is 0 Å². The van der Waals surface area contributed by atoms with Crippen LogP contribution in [0.4, 0.5) is 4.79 Å². The lowest BCUT2D eigenvalue weighted by Crippen LogP contribution is -2.46. The summed E-state index contributed by atoms with van der Waals surface area (Å²) in [4.78, 5) is 75.0. The van der Waals surface area contributed by atoms with Gasteiger partial charge in [0.25, 0.3) is 0 Å². The van der Waals surface area contributed by atoms with Gasteiger partial charge in [-0.25, -0.2) is 4.79 Å². The molecule has 0 saturated heterocycles. The number of hydrogen-bond donors (Lipinski definition) is 3. The fourth-order valence-corrected chi connectivity index (χ4v) is 5.96. The number of unbranched alkanes of at least 4 members (excludes halogenated alkanes) is 2. The predicted molar refractivity (Wildman–Crippen MR) is 212 cm³/mol. The second-order valence-electron chi connectivity index (χ2n) is 16.5. The van der Waals surface area contributed by atoms with Crippen LogP contribution in [0.3, 0.4) is 0 Å². The summed E-state index contributed by atoms with van der Waals surface area (Å²) in [5.41, 5.74) is 6.73. The number of nitrogens with two attached hydrogens (primary N) is 1. The highest BCUT2D eigenvalue weighted by Crippen LogP contribution is 2.33. The number of primary amides is 1. The monoisotopic (exact) mass is 748 g/mol. The van der Waals surface area contributed by atoms with E-state index in [4.69, 9.17) is 15.2 Å². The molecule has 0 fully saturated rings. The molecule has 4 N–H and O–H groups in total. The molecule has 1 aromatic rings. The molecule has 0 bridgehead atoms. The first-order chi connectivity index (χ1) is 23.7. The van der Waals surface area contributed by atoms with Gasteiger partial charge < -0.3 is 25.8 Å². The average molecular weight is 748 g/mol. The van der Waals surface area contributed by atoms with Gasteiger partial charge in [-0.15, -0.1) is 0 Å². The van der Waals surface area contributed by atoms with Gasteiger partial charge >= 0.3 is 18.0 Å². The molecule has 0 unspecified atom stereocenters. The third-order valence-electron chi connectivity index (χ3n) is 8.50. The molecule has 2 atom stereocenters. The Balaban J connectivity index is 0. The van der Waals surface area contributed by atoms with Crippen molar-refractivity contribution in [2.75, 3.05) is 13.2 Å². The smallest absolute Gasteiger partial charge is 0.312 e. The number of benzene rings is 1. The van der Waals surface area contributed by atoms with Crippen LogP contribution in [0.1, 0.15) is 146 Å². The third-order valence-corrected chi connectivity index (χ3v) is 8.50. The molecule has 0 heterocycles. The van der Waals surface area contributed by atoms with E-state index in [-0.39, 0.29) is 99.3 Å². The standard InChI is InChI=1S/C40H65N3O8.2CH4/c1-27(2)33(23-32(45)14-11-10-12-21-50-37(48)31(24-39(4,5)6)25-40(7,8)9)36(47)43-34(15-13-20-42-38(41)49)35(46)22-29-16-18-30(19-17-29)26-51-28(3)44;;/h16-19,27,31,33-34H,10-15,20-26H2,1-9H3,(H,43,47)(H3,41,42,49);2*1H4/t33-,34-;;/m0../s1. The summed E-state index contributed by atoms with van der Waals surface area (Å²) in [6, 6.07) is 5.62. The molecule has 1 rings (SSSR count). The summed E-state index contributed by atoms with van der Waals surface area (Å²) in [5, 5.41) is 5.40. The second kappa shape index (κ2) is 25.3. The number of carbonyl (C=O) groups excluding carboxylic acids is 6. The van der Waals surface area contributed by atoms with Crippen molar-refractivity contribution in [1.82, 2.24) is 10.6 Å². The molecule has 11 heteroatoms. The first kappa shape index (κ1) is 51.3. The number of nitrogens with one attached hydrogen (secondary N) is 2. The van der Waals surface area contributed by atoms with Gasteiger partial charge in [-0.2, -0.15) is 0 Å². The van der Waals surface area contributed by atoms with Crippen molar-refractivity contribution in [3.63, 3.8) is 0 Å². The third kappa shape index (κ3) is 24.2. The molecule has 0 aliphatic rings. The topological polar surface area (TPSA) is 171 Å². The molecule has 0 spiro atoms. The quantitative estimate of drug-likeness (QED) is 0.0749. The highest BCUT2D eigenvalue weighted by atomic mass is 16.5.